The van der Waals surface area contributed by atoms with Gasteiger partial charge in [0.05, 0.1) is 36.7 Å². The van der Waals surface area contributed by atoms with E-state index in [4.69, 9.17) is 14.5 Å². The van der Waals surface area contributed by atoms with Crippen molar-refractivity contribution in [3.8, 4) is 17.0 Å². The third-order valence-electron chi connectivity index (χ3n) is 17.2. The molecule has 3 atom stereocenters. The molecule has 0 radical (unpaired) electrons. The Labute approximate surface area is 493 Å². The van der Waals surface area contributed by atoms with Crippen molar-refractivity contribution in [3.05, 3.63) is 117 Å². The number of morpholine rings is 1. The van der Waals surface area contributed by atoms with Crippen LogP contribution in [0.4, 0.5) is 33.7 Å². The van der Waals surface area contributed by atoms with Crippen LogP contribution in [0.3, 0.4) is 0 Å². The number of alkyl halides is 3. The molecule has 3 N–H and O–H groups in total. The van der Waals surface area contributed by atoms with Gasteiger partial charge < -0.3 is 39.9 Å². The van der Waals surface area contributed by atoms with Crippen molar-refractivity contribution < 1.29 is 60.9 Å². The molecule has 5 aromatic rings. The highest BCUT2D eigenvalue weighted by atomic mass is 32.1. The number of likely N-dealkylation sites (tertiary alicyclic amines) is 2. The average Bonchev–Trinajstić information content (AvgIpc) is 4.39. The third-order valence-corrected chi connectivity index (χ3v) is 18.1. The molecule has 4 aliphatic heterocycles. The van der Waals surface area contributed by atoms with Gasteiger partial charge in [0.25, 0.3) is 5.91 Å². The van der Waals surface area contributed by atoms with Crippen molar-refractivity contribution in [2.45, 2.75) is 82.7 Å². The largest absolute Gasteiger partial charge is 0.475 e. The van der Waals surface area contributed by atoms with Crippen molar-refractivity contribution in [2.24, 2.45) is 11.8 Å². The van der Waals surface area contributed by atoms with Gasteiger partial charge in [0.2, 0.25) is 29.4 Å². The lowest BCUT2D eigenvalue weighted by Gasteiger charge is -2.47. The number of ether oxygens (including phenoxy) is 2. The van der Waals surface area contributed by atoms with Crippen molar-refractivity contribution in [2.75, 3.05) is 103 Å². The molecule has 10 rings (SSSR count). The molecule has 0 spiro atoms. The molecular weight excluding hydrogens is 1130 g/mol. The lowest BCUT2D eigenvalue weighted by molar-refractivity contribution is -0.144. The average molecular weight is 1200 g/mol. The maximum absolute atomic E-state index is 14.7. The number of nitrogens with one attached hydrogen (secondary N) is 2. The van der Waals surface area contributed by atoms with E-state index in [1.165, 1.54) is 67.9 Å². The van der Waals surface area contributed by atoms with Gasteiger partial charge in [-0.2, -0.15) is 13.2 Å². The minimum absolute atomic E-state index is 0.0860. The molecule has 4 saturated heterocycles. The Morgan fingerprint density at radius 3 is 2.32 bits per heavy atom. The van der Waals surface area contributed by atoms with Gasteiger partial charge in [-0.1, -0.05) is 6.07 Å². The number of pyridine rings is 2. The smallest absolute Gasteiger partial charge is 0.416 e. The number of rotatable bonds is 18. The molecule has 452 valence electrons. The van der Waals surface area contributed by atoms with Gasteiger partial charge in [-0.3, -0.25) is 43.7 Å². The molecule has 7 heterocycles. The number of amides is 5. The standard InChI is InChI=1S/C60H69F4N11O9S/c1-36-47(32-45(34-65-36)67-54(78)40-6-4-7-43(28-40)60(62,63)64)42-31-50(73-23-25-83-26-24-73)55(66-33-42)84-27-22-71-18-20-72(21-19-71)46-29-41(30-46)57(79)74-16-13-38(14-17-74)51(69-53(77)37(2)70(3)59(81)82)58(80)75-15-5-8-49(75)56-68-48(35-85-56)52(76)39-9-11-44(61)12-10-39/h4,6-7,9-12,28,31-35,37-38,41,46,49,51H,5,8,13-27,29-30H2,1-3H3,(H,67,78)(H,69,77)(H,81,82)/t37-,41?,46?,49-,51-/m0/s1. The Morgan fingerprint density at radius 2 is 1.61 bits per heavy atom. The van der Waals surface area contributed by atoms with E-state index in [1.807, 2.05) is 17.9 Å². The summed E-state index contributed by atoms with van der Waals surface area (Å²) in [4.78, 5) is 106. The van der Waals surface area contributed by atoms with Crippen LogP contribution in [0.5, 0.6) is 5.88 Å². The summed E-state index contributed by atoms with van der Waals surface area (Å²) in [7, 11) is 1.29. The fourth-order valence-electron chi connectivity index (χ4n) is 11.8. The van der Waals surface area contributed by atoms with Crippen LogP contribution in [-0.4, -0.2) is 191 Å². The molecule has 0 bridgehead atoms. The summed E-state index contributed by atoms with van der Waals surface area (Å²) in [6.07, 6.45) is 0.898. The van der Waals surface area contributed by atoms with Gasteiger partial charge in [0.15, 0.2) is 0 Å². The number of likely N-dealkylation sites (N-methyl/N-ethyl adjacent to an activating group) is 1. The number of ketones is 1. The maximum atomic E-state index is 14.7. The molecule has 1 aliphatic carbocycles. The molecule has 25 heteroatoms. The molecule has 1 saturated carbocycles. The number of nitrogens with zero attached hydrogens (tertiary/aromatic N) is 9. The van der Waals surface area contributed by atoms with E-state index in [9.17, 15) is 51.4 Å². The predicted octanol–water partition coefficient (Wildman–Crippen LogP) is 7.25. The summed E-state index contributed by atoms with van der Waals surface area (Å²) < 4.78 is 65.7. The van der Waals surface area contributed by atoms with E-state index in [2.05, 4.69) is 35.3 Å². The zero-order valence-corrected chi connectivity index (χ0v) is 48.4. The van der Waals surface area contributed by atoms with Crippen LogP contribution in [0.1, 0.15) is 94.2 Å². The monoisotopic (exact) mass is 1200 g/mol. The van der Waals surface area contributed by atoms with Crippen LogP contribution in [-0.2, 0) is 25.3 Å². The Bertz CT molecular complexity index is 3250. The number of carbonyl (C=O) groups excluding carboxylic acids is 5. The summed E-state index contributed by atoms with van der Waals surface area (Å²) in [6, 6.07) is 10.9. The predicted molar refractivity (Wildman–Crippen MR) is 307 cm³/mol. The summed E-state index contributed by atoms with van der Waals surface area (Å²) in [5, 5.41) is 17.4. The highest BCUT2D eigenvalue weighted by Gasteiger charge is 2.45. The highest BCUT2D eigenvalue weighted by molar-refractivity contribution is 7.10. The van der Waals surface area contributed by atoms with Crippen LogP contribution >= 0.6 is 11.3 Å². The van der Waals surface area contributed by atoms with Gasteiger partial charge in [0, 0.05) is 124 Å². The van der Waals surface area contributed by atoms with Crippen molar-refractivity contribution in [3.63, 3.8) is 0 Å². The zero-order valence-electron chi connectivity index (χ0n) is 47.6. The molecule has 20 nitrogen and oxygen atoms in total. The van der Waals surface area contributed by atoms with Gasteiger partial charge in [-0.25, -0.2) is 19.2 Å². The Balaban J connectivity index is 0.703. The normalized spacial score (nSPS) is 20.5. The first-order valence-corrected chi connectivity index (χ1v) is 29.7. The van der Waals surface area contributed by atoms with E-state index in [-0.39, 0.29) is 52.3 Å². The first-order chi connectivity index (χ1) is 40.8. The SMILES string of the molecule is Cc1ncc(NC(=O)c2cccc(C(F)(F)F)c2)cc1-c1cnc(OCCN2CCN(C3CC(C(=O)N4CCC([C@H](NC(=O)[C@H](C)N(C)C(=O)O)C(=O)N5CCC[C@H]5c5nc(C(=O)c6ccc(F)cc6)cs5)CC4)C3)CC2)c(N2CCOCC2)c1. The molecular formula is C60H69F4N11O9S. The number of hydrogen-bond acceptors (Lipinski definition) is 15. The second-order valence-electron chi connectivity index (χ2n) is 22.4. The van der Waals surface area contributed by atoms with Crippen molar-refractivity contribution >= 4 is 58.2 Å². The Morgan fingerprint density at radius 1 is 0.882 bits per heavy atom. The third kappa shape index (κ3) is 14.1. The first kappa shape index (κ1) is 60.5. The Kier molecular flexibility index (Phi) is 18.8. The quantitative estimate of drug-likeness (QED) is 0.0581. The number of carbonyl (C=O) groups is 6. The molecule has 5 fully saturated rings. The number of piperazine rings is 1. The second-order valence-corrected chi connectivity index (χ2v) is 23.3. The molecule has 5 aliphatic rings. The molecule has 3 aromatic heterocycles. The number of thiazole rings is 1. The van der Waals surface area contributed by atoms with Crippen LogP contribution in [0.25, 0.3) is 11.1 Å². The fourth-order valence-corrected chi connectivity index (χ4v) is 12.8. The number of benzene rings is 2. The molecule has 2 aromatic carbocycles. The summed E-state index contributed by atoms with van der Waals surface area (Å²) >= 11 is 1.26. The van der Waals surface area contributed by atoms with Gasteiger partial charge in [-0.15, -0.1) is 11.3 Å². The lowest BCUT2D eigenvalue weighted by atomic mass is 9.77. The van der Waals surface area contributed by atoms with Crippen molar-refractivity contribution in [1.82, 2.24) is 44.8 Å². The topological polar surface area (TPSA) is 223 Å². The number of aromatic nitrogens is 3. The van der Waals surface area contributed by atoms with E-state index >= 15 is 0 Å². The van der Waals surface area contributed by atoms with Crippen LogP contribution in [0, 0.1) is 24.6 Å². The molecule has 0 unspecified atom stereocenters. The van der Waals surface area contributed by atoms with Gasteiger partial charge in [0.1, 0.15) is 40.9 Å². The number of hydrogen-bond donors (Lipinski definition) is 3. The fraction of sp³-hybridized carbons (Fsp3) is 0.483. The van der Waals surface area contributed by atoms with Crippen LogP contribution < -0.4 is 20.3 Å². The van der Waals surface area contributed by atoms with E-state index in [0.29, 0.717) is 118 Å². The minimum atomic E-state index is -4.59. The van der Waals surface area contributed by atoms with E-state index < -0.39 is 53.6 Å². The zero-order chi connectivity index (χ0) is 60.1. The summed E-state index contributed by atoms with van der Waals surface area (Å²) in [6.45, 7) is 11.1. The summed E-state index contributed by atoms with van der Waals surface area (Å²) in [5.74, 6) is -2.39. The summed E-state index contributed by atoms with van der Waals surface area (Å²) in [5.41, 5.74) is 2.55. The van der Waals surface area contributed by atoms with Gasteiger partial charge in [-0.05, 0) is 113 Å². The maximum Gasteiger partial charge on any atom is 0.416 e. The minimum Gasteiger partial charge on any atom is -0.475 e. The number of carboxylic acid groups (broad SMARTS) is 1. The number of anilines is 2. The number of halogens is 4. The van der Waals surface area contributed by atoms with E-state index in [0.717, 1.165) is 61.7 Å². The van der Waals surface area contributed by atoms with Crippen LogP contribution in [0.2, 0.25) is 0 Å². The number of piperidine rings is 1. The lowest BCUT2D eigenvalue weighted by Crippen LogP contribution is -2.59. The second kappa shape index (κ2) is 26.3. The van der Waals surface area contributed by atoms with Gasteiger partial charge >= 0.3 is 12.3 Å². The highest BCUT2D eigenvalue weighted by Crippen LogP contribution is 2.39. The number of aryl methyl sites for hydroxylation is 1. The molecule has 85 heavy (non-hydrogen) atoms. The van der Waals surface area contributed by atoms with Crippen LogP contribution in [0.15, 0.2) is 78.4 Å². The Hall–Kier alpha value is -7.61. The van der Waals surface area contributed by atoms with E-state index in [1.54, 1.807) is 22.5 Å². The molecule has 5 amide bonds. The first-order valence-electron chi connectivity index (χ1n) is 28.8. The van der Waals surface area contributed by atoms with Crippen molar-refractivity contribution in [1.29, 1.82) is 0 Å².